The van der Waals surface area contributed by atoms with Crippen molar-refractivity contribution in [3.05, 3.63) is 35.4 Å². The Hall–Kier alpha value is -1.86. The molecule has 0 fully saturated rings. The van der Waals surface area contributed by atoms with Crippen LogP contribution in [0.3, 0.4) is 0 Å². The van der Waals surface area contributed by atoms with E-state index in [4.69, 9.17) is 10.4 Å². The fraction of sp³-hybridized carbons (Fsp3) is 0.333. The van der Waals surface area contributed by atoms with Gasteiger partial charge in [0.25, 0.3) is 5.91 Å². The Labute approximate surface area is 94.5 Å². The summed E-state index contributed by atoms with van der Waals surface area (Å²) in [5, 5.41) is 20.1. The molecule has 1 aromatic rings. The van der Waals surface area contributed by atoms with Crippen LogP contribution in [0.15, 0.2) is 24.3 Å². The molecule has 0 heterocycles. The van der Waals surface area contributed by atoms with Gasteiger partial charge in [0.1, 0.15) is 0 Å². The molecule has 16 heavy (non-hydrogen) atoms. The van der Waals surface area contributed by atoms with Crippen LogP contribution in [0.4, 0.5) is 0 Å². The smallest absolute Gasteiger partial charge is 0.251 e. The van der Waals surface area contributed by atoms with Crippen molar-refractivity contribution in [1.29, 1.82) is 5.26 Å². The number of amides is 1. The Kier molecular flexibility index (Phi) is 4.49. The van der Waals surface area contributed by atoms with Crippen LogP contribution >= 0.6 is 0 Å². The quantitative estimate of drug-likeness (QED) is 0.793. The van der Waals surface area contributed by atoms with Gasteiger partial charge in [-0.15, -0.1) is 0 Å². The third kappa shape index (κ3) is 3.37. The van der Waals surface area contributed by atoms with Crippen molar-refractivity contribution in [3.63, 3.8) is 0 Å². The number of aliphatic hydroxyl groups is 1. The lowest BCUT2D eigenvalue weighted by molar-refractivity contribution is 0.0934. The summed E-state index contributed by atoms with van der Waals surface area (Å²) < 4.78 is 0. The zero-order chi connectivity index (χ0) is 12.0. The van der Waals surface area contributed by atoms with Crippen molar-refractivity contribution in [2.45, 2.75) is 19.4 Å². The minimum Gasteiger partial charge on any atom is -0.396 e. The molecule has 1 amide bonds. The normalized spacial score (nSPS) is 11.6. The summed E-state index contributed by atoms with van der Waals surface area (Å²) in [7, 11) is 0. The first-order valence-electron chi connectivity index (χ1n) is 5.09. The molecule has 0 bridgehead atoms. The number of carbonyl (C=O) groups is 1. The highest BCUT2D eigenvalue weighted by Gasteiger charge is 2.09. The lowest BCUT2D eigenvalue weighted by Crippen LogP contribution is -2.33. The molecule has 84 valence electrons. The molecule has 1 atom stereocenters. The van der Waals surface area contributed by atoms with Crippen LogP contribution in [-0.4, -0.2) is 23.7 Å². The summed E-state index contributed by atoms with van der Waals surface area (Å²) in [5.41, 5.74) is 0.923. The SMILES string of the molecule is CC(CCO)NC(=O)c1cccc(C#N)c1. The molecule has 4 nitrogen and oxygen atoms in total. The van der Waals surface area contributed by atoms with Gasteiger partial charge in [0, 0.05) is 18.2 Å². The van der Waals surface area contributed by atoms with Gasteiger partial charge in [-0.1, -0.05) is 6.07 Å². The van der Waals surface area contributed by atoms with Gasteiger partial charge in [0.15, 0.2) is 0 Å². The van der Waals surface area contributed by atoms with Crippen LogP contribution in [-0.2, 0) is 0 Å². The maximum absolute atomic E-state index is 11.7. The predicted octanol–water partition coefficient (Wildman–Crippen LogP) is 1.06. The Morgan fingerprint density at radius 2 is 2.38 bits per heavy atom. The van der Waals surface area contributed by atoms with Crippen LogP contribution in [0.1, 0.15) is 29.3 Å². The molecule has 0 saturated heterocycles. The number of aliphatic hydroxyl groups excluding tert-OH is 1. The van der Waals surface area contributed by atoms with E-state index >= 15 is 0 Å². The summed E-state index contributed by atoms with van der Waals surface area (Å²) in [4.78, 5) is 11.7. The average molecular weight is 218 g/mol. The first-order chi connectivity index (χ1) is 7.67. The van der Waals surface area contributed by atoms with Crippen molar-refractivity contribution < 1.29 is 9.90 Å². The number of nitrogens with one attached hydrogen (secondary N) is 1. The molecular formula is C12H14N2O2. The minimum atomic E-state index is -0.224. The largest absolute Gasteiger partial charge is 0.396 e. The fourth-order valence-corrected chi connectivity index (χ4v) is 1.30. The number of carbonyl (C=O) groups excluding carboxylic acids is 1. The molecule has 0 aliphatic carbocycles. The zero-order valence-corrected chi connectivity index (χ0v) is 9.10. The van der Waals surface area contributed by atoms with Crippen LogP contribution in [0.25, 0.3) is 0 Å². The molecule has 0 aliphatic rings. The second-order valence-electron chi connectivity index (χ2n) is 3.58. The van der Waals surface area contributed by atoms with E-state index < -0.39 is 0 Å². The van der Waals surface area contributed by atoms with Gasteiger partial charge in [-0.2, -0.15) is 5.26 Å². The van der Waals surface area contributed by atoms with E-state index in [1.54, 1.807) is 24.3 Å². The summed E-state index contributed by atoms with van der Waals surface area (Å²) >= 11 is 0. The molecule has 0 aliphatic heterocycles. The van der Waals surface area contributed by atoms with Gasteiger partial charge in [0.05, 0.1) is 11.6 Å². The van der Waals surface area contributed by atoms with Crippen LogP contribution < -0.4 is 5.32 Å². The van der Waals surface area contributed by atoms with E-state index in [1.807, 2.05) is 13.0 Å². The molecule has 0 spiro atoms. The minimum absolute atomic E-state index is 0.0414. The maximum atomic E-state index is 11.7. The van der Waals surface area contributed by atoms with Gasteiger partial charge < -0.3 is 10.4 Å². The third-order valence-corrected chi connectivity index (χ3v) is 2.19. The summed E-state index contributed by atoms with van der Waals surface area (Å²) in [5.74, 6) is -0.224. The first-order valence-corrected chi connectivity index (χ1v) is 5.09. The van der Waals surface area contributed by atoms with Crippen molar-refractivity contribution >= 4 is 5.91 Å². The Bertz CT molecular complexity index is 410. The summed E-state index contributed by atoms with van der Waals surface area (Å²) in [6.45, 7) is 1.86. The number of rotatable bonds is 4. The van der Waals surface area contributed by atoms with Crippen molar-refractivity contribution in [3.8, 4) is 6.07 Å². The van der Waals surface area contributed by atoms with E-state index in [0.717, 1.165) is 0 Å². The third-order valence-electron chi connectivity index (χ3n) is 2.19. The van der Waals surface area contributed by atoms with Gasteiger partial charge in [-0.25, -0.2) is 0 Å². The molecule has 1 unspecified atom stereocenters. The van der Waals surface area contributed by atoms with Crippen LogP contribution in [0.2, 0.25) is 0 Å². The number of hydrogen-bond acceptors (Lipinski definition) is 3. The fourth-order valence-electron chi connectivity index (χ4n) is 1.30. The molecule has 0 saturated carbocycles. The molecule has 4 heteroatoms. The molecule has 0 aromatic heterocycles. The molecule has 1 aromatic carbocycles. The van der Waals surface area contributed by atoms with Gasteiger partial charge >= 0.3 is 0 Å². The highest BCUT2D eigenvalue weighted by Crippen LogP contribution is 2.04. The monoisotopic (exact) mass is 218 g/mol. The Morgan fingerprint density at radius 1 is 1.62 bits per heavy atom. The second kappa shape index (κ2) is 5.89. The van der Waals surface area contributed by atoms with E-state index in [0.29, 0.717) is 17.5 Å². The first kappa shape index (κ1) is 12.2. The highest BCUT2D eigenvalue weighted by molar-refractivity contribution is 5.94. The summed E-state index contributed by atoms with van der Waals surface area (Å²) in [6, 6.07) is 8.42. The highest BCUT2D eigenvalue weighted by atomic mass is 16.3. The van der Waals surface area contributed by atoms with Crippen LogP contribution in [0.5, 0.6) is 0 Å². The van der Waals surface area contributed by atoms with Gasteiger partial charge in [-0.3, -0.25) is 4.79 Å². The van der Waals surface area contributed by atoms with E-state index in [9.17, 15) is 4.79 Å². The summed E-state index contributed by atoms with van der Waals surface area (Å²) in [6.07, 6.45) is 0.518. The number of nitrogens with zero attached hydrogens (tertiary/aromatic N) is 1. The van der Waals surface area contributed by atoms with Crippen LogP contribution in [0, 0.1) is 11.3 Å². The topological polar surface area (TPSA) is 73.1 Å². The lowest BCUT2D eigenvalue weighted by Gasteiger charge is -2.12. The molecule has 1 rings (SSSR count). The van der Waals surface area contributed by atoms with Gasteiger partial charge in [0.2, 0.25) is 0 Å². The number of benzene rings is 1. The van der Waals surface area contributed by atoms with E-state index in [1.165, 1.54) is 0 Å². The average Bonchev–Trinajstić information content (AvgIpc) is 2.29. The van der Waals surface area contributed by atoms with Gasteiger partial charge in [-0.05, 0) is 31.5 Å². The standard InChI is InChI=1S/C12H14N2O2/c1-9(5-6-15)14-12(16)11-4-2-3-10(7-11)8-13/h2-4,7,9,15H,5-6H2,1H3,(H,14,16). The maximum Gasteiger partial charge on any atom is 0.251 e. The van der Waals surface area contributed by atoms with E-state index in [-0.39, 0.29) is 18.6 Å². The van der Waals surface area contributed by atoms with E-state index in [2.05, 4.69) is 5.32 Å². The lowest BCUT2D eigenvalue weighted by atomic mass is 10.1. The number of nitriles is 1. The van der Waals surface area contributed by atoms with Crippen molar-refractivity contribution in [2.75, 3.05) is 6.61 Å². The van der Waals surface area contributed by atoms with Crippen molar-refractivity contribution in [2.24, 2.45) is 0 Å². The molecule has 2 N–H and O–H groups in total. The zero-order valence-electron chi connectivity index (χ0n) is 9.10. The second-order valence-corrected chi connectivity index (χ2v) is 3.58. The number of hydrogen-bond donors (Lipinski definition) is 2. The predicted molar refractivity (Wildman–Crippen MR) is 59.8 cm³/mol. The van der Waals surface area contributed by atoms with Crippen molar-refractivity contribution in [1.82, 2.24) is 5.32 Å². The molecule has 0 radical (unpaired) electrons. The Morgan fingerprint density at radius 3 is 3.00 bits per heavy atom. The molecular weight excluding hydrogens is 204 g/mol. The Balaban J connectivity index is 2.70.